The van der Waals surface area contributed by atoms with E-state index in [1.165, 1.54) is 19.3 Å². The van der Waals surface area contributed by atoms with Crippen molar-refractivity contribution in [1.82, 2.24) is 9.71 Å². The quantitative estimate of drug-likeness (QED) is 0.812. The van der Waals surface area contributed by atoms with Gasteiger partial charge in [-0.3, -0.25) is 9.78 Å². The number of carbonyl (C=O) groups excluding carboxylic acids is 1. The molecule has 1 aromatic heterocycles. The number of sulfonamides is 1. The number of carbonyl (C=O) groups is 1. The smallest absolute Gasteiger partial charge is 0.257 e. The molecule has 1 aromatic carbocycles. The summed E-state index contributed by atoms with van der Waals surface area (Å²) in [5.41, 5.74) is 0.738. The van der Waals surface area contributed by atoms with Gasteiger partial charge in [0, 0.05) is 36.5 Å². The second kappa shape index (κ2) is 7.15. The van der Waals surface area contributed by atoms with Crippen LogP contribution in [0, 0.1) is 0 Å². The zero-order chi connectivity index (χ0) is 16.0. The Bertz CT molecular complexity index is 795. The van der Waals surface area contributed by atoms with Crippen molar-refractivity contribution in [3.63, 3.8) is 0 Å². The average molecular weight is 320 g/mol. The first-order valence-electron chi connectivity index (χ1n) is 6.56. The third kappa shape index (κ3) is 4.37. The molecule has 0 atom stereocenters. The number of amides is 1. The third-order valence-electron chi connectivity index (χ3n) is 2.93. The number of methoxy groups -OCH3 is 1. The van der Waals surface area contributed by atoms with Crippen LogP contribution in [0.4, 0.5) is 0 Å². The van der Waals surface area contributed by atoms with Crippen molar-refractivity contribution < 1.29 is 17.9 Å². The van der Waals surface area contributed by atoms with Crippen LogP contribution >= 0.6 is 0 Å². The Hall–Kier alpha value is -2.25. The van der Waals surface area contributed by atoms with Gasteiger partial charge in [0.2, 0.25) is 10.0 Å². The number of pyridine rings is 1. The average Bonchev–Trinajstić information content (AvgIpc) is 2.50. The summed E-state index contributed by atoms with van der Waals surface area (Å²) in [6.45, 7) is 0.0274. The van der Waals surface area contributed by atoms with Gasteiger partial charge in [0.25, 0.3) is 5.91 Å². The molecule has 0 saturated heterocycles. The molecule has 0 aliphatic rings. The lowest BCUT2D eigenvalue weighted by Crippen LogP contribution is -2.32. The highest BCUT2D eigenvalue weighted by Gasteiger charge is 2.12. The Labute approximate surface area is 128 Å². The molecule has 0 spiro atoms. The molecular formula is C15H16N2O4S. The lowest BCUT2D eigenvalue weighted by atomic mass is 10.1. The number of fused-ring (bicyclic) bond motifs is 1. The monoisotopic (exact) mass is 320 g/mol. The highest BCUT2D eigenvalue weighted by molar-refractivity contribution is 7.90. The molecule has 1 heterocycles. The molecule has 1 amide bonds. The Morgan fingerprint density at radius 1 is 1.32 bits per heavy atom. The van der Waals surface area contributed by atoms with Gasteiger partial charge in [-0.15, -0.1) is 0 Å². The van der Waals surface area contributed by atoms with Gasteiger partial charge in [-0.2, -0.15) is 0 Å². The normalized spacial score (nSPS) is 11.9. The van der Waals surface area contributed by atoms with Crippen LogP contribution in [0.1, 0.15) is 5.56 Å². The highest BCUT2D eigenvalue weighted by atomic mass is 32.2. The molecule has 2 rings (SSSR count). The maximum Gasteiger partial charge on any atom is 0.257 e. The Morgan fingerprint density at radius 2 is 2.09 bits per heavy atom. The van der Waals surface area contributed by atoms with Gasteiger partial charge in [0.05, 0.1) is 12.4 Å². The fourth-order valence-corrected chi connectivity index (χ4v) is 2.73. The van der Waals surface area contributed by atoms with Crippen LogP contribution in [0.25, 0.3) is 16.8 Å². The van der Waals surface area contributed by atoms with Gasteiger partial charge >= 0.3 is 0 Å². The van der Waals surface area contributed by atoms with E-state index in [4.69, 9.17) is 0 Å². The first-order chi connectivity index (χ1) is 10.5. The molecule has 0 bridgehead atoms. The standard InChI is InChI=1S/C15H16N2O4S/c1-21-8-9-22(19,20)17-15(18)7-6-13-11-16-10-12-4-2-3-5-14(12)13/h2-7,10-11H,8-9H2,1H3,(H,17,18). The molecular weight excluding hydrogens is 304 g/mol. The van der Waals surface area contributed by atoms with Crippen molar-refractivity contribution >= 4 is 32.8 Å². The van der Waals surface area contributed by atoms with E-state index in [0.717, 1.165) is 16.3 Å². The molecule has 6 nitrogen and oxygen atoms in total. The molecule has 116 valence electrons. The first-order valence-corrected chi connectivity index (χ1v) is 8.21. The maximum absolute atomic E-state index is 11.7. The van der Waals surface area contributed by atoms with Gasteiger partial charge in [0.1, 0.15) is 0 Å². The van der Waals surface area contributed by atoms with Crippen molar-refractivity contribution in [2.75, 3.05) is 19.5 Å². The topological polar surface area (TPSA) is 85.4 Å². The van der Waals surface area contributed by atoms with Crippen LogP contribution in [-0.2, 0) is 19.6 Å². The SMILES string of the molecule is COCCS(=O)(=O)NC(=O)C=Cc1cncc2ccccc12. The van der Waals surface area contributed by atoms with Crippen LogP contribution in [0.5, 0.6) is 0 Å². The summed E-state index contributed by atoms with van der Waals surface area (Å²) in [4.78, 5) is 15.8. The van der Waals surface area contributed by atoms with E-state index < -0.39 is 15.9 Å². The number of benzene rings is 1. The zero-order valence-corrected chi connectivity index (χ0v) is 12.8. The second-order valence-electron chi connectivity index (χ2n) is 4.56. The third-order valence-corrected chi connectivity index (χ3v) is 4.14. The molecule has 7 heteroatoms. The van der Waals surface area contributed by atoms with Gasteiger partial charge < -0.3 is 4.74 Å². The van der Waals surface area contributed by atoms with E-state index in [2.05, 4.69) is 9.72 Å². The van der Waals surface area contributed by atoms with E-state index in [0.29, 0.717) is 0 Å². The van der Waals surface area contributed by atoms with E-state index in [1.807, 2.05) is 29.0 Å². The van der Waals surface area contributed by atoms with E-state index >= 15 is 0 Å². The minimum atomic E-state index is -3.68. The fourth-order valence-electron chi connectivity index (χ4n) is 1.87. The summed E-state index contributed by atoms with van der Waals surface area (Å²) in [5, 5.41) is 1.88. The second-order valence-corrected chi connectivity index (χ2v) is 6.40. The van der Waals surface area contributed by atoms with Gasteiger partial charge in [0.15, 0.2) is 0 Å². The van der Waals surface area contributed by atoms with Crippen LogP contribution in [0.15, 0.2) is 42.7 Å². The van der Waals surface area contributed by atoms with Crippen molar-refractivity contribution in [2.24, 2.45) is 0 Å². The molecule has 1 N–H and O–H groups in total. The molecule has 0 fully saturated rings. The molecule has 0 aliphatic carbocycles. The zero-order valence-electron chi connectivity index (χ0n) is 12.0. The molecule has 0 saturated carbocycles. The Kier molecular flexibility index (Phi) is 5.24. The number of ether oxygens (including phenoxy) is 1. The Balaban J connectivity index is 2.12. The largest absolute Gasteiger partial charge is 0.384 e. The summed E-state index contributed by atoms with van der Waals surface area (Å²) in [7, 11) is -2.29. The summed E-state index contributed by atoms with van der Waals surface area (Å²) < 4.78 is 29.8. The lowest BCUT2D eigenvalue weighted by molar-refractivity contribution is -0.114. The van der Waals surface area contributed by atoms with Crippen LogP contribution < -0.4 is 4.72 Å². The molecule has 0 radical (unpaired) electrons. The number of hydrogen-bond donors (Lipinski definition) is 1. The summed E-state index contributed by atoms with van der Waals surface area (Å²) in [5.74, 6) is -0.970. The van der Waals surface area contributed by atoms with Crippen molar-refractivity contribution in [3.05, 3.63) is 48.3 Å². The van der Waals surface area contributed by atoms with Crippen molar-refractivity contribution in [2.45, 2.75) is 0 Å². The van der Waals surface area contributed by atoms with Gasteiger partial charge in [-0.25, -0.2) is 13.1 Å². The number of nitrogens with one attached hydrogen (secondary N) is 1. The first kappa shape index (κ1) is 16.1. The van der Waals surface area contributed by atoms with Crippen molar-refractivity contribution in [3.8, 4) is 0 Å². The molecule has 0 aliphatic heterocycles. The number of hydrogen-bond acceptors (Lipinski definition) is 5. The van der Waals surface area contributed by atoms with Gasteiger partial charge in [-0.05, 0) is 11.5 Å². The van der Waals surface area contributed by atoms with E-state index in [-0.39, 0.29) is 12.4 Å². The van der Waals surface area contributed by atoms with E-state index in [1.54, 1.807) is 12.4 Å². The maximum atomic E-state index is 11.7. The lowest BCUT2D eigenvalue weighted by Gasteiger charge is -2.04. The van der Waals surface area contributed by atoms with Crippen LogP contribution in [0.3, 0.4) is 0 Å². The predicted octanol–water partition coefficient (Wildman–Crippen LogP) is 1.34. The molecule has 2 aromatic rings. The van der Waals surface area contributed by atoms with Gasteiger partial charge in [-0.1, -0.05) is 24.3 Å². The van der Waals surface area contributed by atoms with Crippen molar-refractivity contribution in [1.29, 1.82) is 0 Å². The number of aromatic nitrogens is 1. The summed E-state index contributed by atoms with van der Waals surface area (Å²) in [6, 6.07) is 7.60. The molecule has 22 heavy (non-hydrogen) atoms. The minimum Gasteiger partial charge on any atom is -0.384 e. The summed E-state index contributed by atoms with van der Waals surface area (Å²) >= 11 is 0. The van der Waals surface area contributed by atoms with Crippen LogP contribution in [0.2, 0.25) is 0 Å². The number of nitrogens with zero attached hydrogens (tertiary/aromatic N) is 1. The predicted molar refractivity (Wildman–Crippen MR) is 84.6 cm³/mol. The fraction of sp³-hybridized carbons (Fsp3) is 0.200. The summed E-state index contributed by atoms with van der Waals surface area (Å²) in [6.07, 6.45) is 6.05. The number of rotatable bonds is 6. The molecule has 0 unspecified atom stereocenters. The van der Waals surface area contributed by atoms with E-state index in [9.17, 15) is 13.2 Å². The Morgan fingerprint density at radius 3 is 2.86 bits per heavy atom. The van der Waals surface area contributed by atoms with Crippen LogP contribution in [-0.4, -0.2) is 38.8 Å². The minimum absolute atomic E-state index is 0.0274. The highest BCUT2D eigenvalue weighted by Crippen LogP contribution is 2.17.